The molecule has 12 heteroatoms. The molecule has 1 amide bonds. The highest BCUT2D eigenvalue weighted by Crippen LogP contribution is 2.29. The zero-order valence-electron chi connectivity index (χ0n) is 15.7. The molecule has 3 N–H and O–H groups in total. The number of carbonyl (C=O) groups excluding carboxylic acids is 1. The Hall–Kier alpha value is -3.72. The summed E-state index contributed by atoms with van der Waals surface area (Å²) in [6, 6.07) is 6.96. The maximum Gasteiger partial charge on any atom is 0.414 e. The molecular formula is C18H17FN6O4S. The molecule has 156 valence electrons. The van der Waals surface area contributed by atoms with Gasteiger partial charge in [0.2, 0.25) is 12.2 Å². The quantitative estimate of drug-likeness (QED) is 0.403. The molecule has 0 radical (unpaired) electrons. The number of carbonyl (C=O) groups is 1. The zero-order chi connectivity index (χ0) is 21.9. The van der Waals surface area contributed by atoms with Crippen molar-refractivity contribution in [2.75, 3.05) is 24.2 Å². The first kappa shape index (κ1) is 21.0. The molecule has 0 bridgehead atoms. The molecule has 10 nitrogen and oxygen atoms in total. The second-order valence-electron chi connectivity index (χ2n) is 6.42. The van der Waals surface area contributed by atoms with Crippen LogP contribution >= 0.6 is 0 Å². The predicted octanol–water partition coefficient (Wildman–Crippen LogP) is 1.00. The summed E-state index contributed by atoms with van der Waals surface area (Å²) in [4.78, 5) is 20.5. The lowest BCUT2D eigenvalue weighted by molar-refractivity contribution is 0.143. The summed E-state index contributed by atoms with van der Waals surface area (Å²) < 4.78 is 42.9. The number of anilines is 1. The van der Waals surface area contributed by atoms with Crippen LogP contribution in [0.25, 0.3) is 11.1 Å². The Balaban J connectivity index is 1.74. The van der Waals surface area contributed by atoms with Crippen LogP contribution in [0.3, 0.4) is 0 Å². The fraction of sp³-hybridized carbons (Fsp3) is 0.222. The number of nitriles is 1. The van der Waals surface area contributed by atoms with Crippen LogP contribution in [0.2, 0.25) is 0 Å². The van der Waals surface area contributed by atoms with Gasteiger partial charge in [0.25, 0.3) is 0 Å². The number of nitrogens with two attached hydrogens (primary N) is 1. The molecule has 1 aromatic heterocycles. The van der Waals surface area contributed by atoms with Crippen molar-refractivity contribution in [3.63, 3.8) is 0 Å². The number of pyridine rings is 1. The number of guanidine groups is 1. The fourth-order valence-electron chi connectivity index (χ4n) is 2.82. The van der Waals surface area contributed by atoms with Gasteiger partial charge in [-0.2, -0.15) is 5.26 Å². The molecule has 3 rings (SSSR count). The van der Waals surface area contributed by atoms with Crippen LogP contribution in [0.5, 0.6) is 0 Å². The smallest absolute Gasteiger partial charge is 0.414 e. The third-order valence-electron chi connectivity index (χ3n) is 4.25. The number of benzene rings is 1. The van der Waals surface area contributed by atoms with Crippen LogP contribution in [0.4, 0.5) is 14.9 Å². The summed E-state index contributed by atoms with van der Waals surface area (Å²) in [5.74, 6) is -0.709. The standard InChI is InChI=1S/C18H17FN6O4S/c1-30(27,28)16-5-2-11(7-22-16)14-4-3-12(6-15(14)19)25-9-13(29-18(25)26)8-23-17(21)24-10-20/h2-7,13H,8-9H2,1H3,(H3,21,23,24)/t13-/m0/s1. The van der Waals surface area contributed by atoms with E-state index < -0.39 is 27.9 Å². The molecule has 0 saturated carbocycles. The number of rotatable bonds is 5. The lowest BCUT2D eigenvalue weighted by atomic mass is 10.1. The molecule has 1 atom stereocenters. The molecule has 2 aromatic rings. The summed E-state index contributed by atoms with van der Waals surface area (Å²) in [6.07, 6.45) is 2.62. The number of sulfone groups is 1. The Morgan fingerprint density at radius 3 is 2.83 bits per heavy atom. The largest absolute Gasteiger partial charge is 0.442 e. The van der Waals surface area contributed by atoms with Gasteiger partial charge in [0.1, 0.15) is 11.9 Å². The lowest BCUT2D eigenvalue weighted by Gasteiger charge is -2.14. The second-order valence-corrected chi connectivity index (χ2v) is 8.38. The number of cyclic esters (lactones) is 1. The molecule has 1 fully saturated rings. The van der Waals surface area contributed by atoms with E-state index in [1.165, 1.54) is 41.6 Å². The number of aromatic nitrogens is 1. The van der Waals surface area contributed by atoms with Crippen molar-refractivity contribution in [3.05, 3.63) is 42.3 Å². The molecule has 1 aliphatic heterocycles. The van der Waals surface area contributed by atoms with Crippen molar-refractivity contribution in [3.8, 4) is 17.3 Å². The normalized spacial score (nSPS) is 16.8. The topological polar surface area (TPSA) is 151 Å². The van der Waals surface area contributed by atoms with Gasteiger partial charge in [-0.15, -0.1) is 4.99 Å². The molecule has 1 aromatic carbocycles. The molecule has 2 heterocycles. The zero-order valence-corrected chi connectivity index (χ0v) is 16.6. The second kappa shape index (κ2) is 8.34. The number of aliphatic imine (C=N–C) groups is 1. The Kier molecular flexibility index (Phi) is 5.84. The summed E-state index contributed by atoms with van der Waals surface area (Å²) >= 11 is 0. The van der Waals surface area contributed by atoms with E-state index in [0.717, 1.165) is 6.26 Å². The van der Waals surface area contributed by atoms with Crippen molar-refractivity contribution in [1.29, 1.82) is 5.26 Å². The average molecular weight is 432 g/mol. The number of halogens is 1. The average Bonchev–Trinajstić information content (AvgIpc) is 3.07. The minimum atomic E-state index is -3.45. The van der Waals surface area contributed by atoms with Gasteiger partial charge < -0.3 is 15.8 Å². The van der Waals surface area contributed by atoms with Crippen LogP contribution < -0.4 is 16.0 Å². The Morgan fingerprint density at radius 2 is 2.23 bits per heavy atom. The van der Waals surface area contributed by atoms with E-state index in [9.17, 15) is 17.6 Å². The first-order valence-electron chi connectivity index (χ1n) is 8.59. The maximum absolute atomic E-state index is 14.7. The first-order chi connectivity index (χ1) is 14.2. The van der Waals surface area contributed by atoms with Gasteiger partial charge in [-0.25, -0.2) is 22.6 Å². The van der Waals surface area contributed by atoms with Crippen molar-refractivity contribution in [1.82, 2.24) is 10.3 Å². The van der Waals surface area contributed by atoms with Gasteiger partial charge in [-0.05, 0) is 30.3 Å². The van der Waals surface area contributed by atoms with Gasteiger partial charge in [0.05, 0.1) is 18.8 Å². The van der Waals surface area contributed by atoms with Crippen molar-refractivity contribution in [2.45, 2.75) is 11.1 Å². The van der Waals surface area contributed by atoms with Gasteiger partial charge in [0, 0.05) is 23.6 Å². The van der Waals surface area contributed by atoms with E-state index in [-0.39, 0.29) is 29.6 Å². The number of nitrogens with one attached hydrogen (secondary N) is 1. The van der Waals surface area contributed by atoms with E-state index in [4.69, 9.17) is 15.7 Å². The van der Waals surface area contributed by atoms with Crippen molar-refractivity contribution >= 4 is 27.6 Å². The highest BCUT2D eigenvalue weighted by Gasteiger charge is 2.32. The Bertz CT molecular complexity index is 1140. The maximum atomic E-state index is 14.7. The minimum Gasteiger partial charge on any atom is -0.442 e. The van der Waals surface area contributed by atoms with E-state index in [0.29, 0.717) is 11.3 Å². The molecule has 1 saturated heterocycles. The molecule has 0 unspecified atom stereocenters. The highest BCUT2D eigenvalue weighted by atomic mass is 32.2. The van der Waals surface area contributed by atoms with Crippen LogP contribution in [0.1, 0.15) is 0 Å². The number of amides is 1. The van der Waals surface area contributed by atoms with E-state index in [2.05, 4.69) is 15.3 Å². The number of hydrogen-bond acceptors (Lipinski definition) is 7. The molecule has 0 aliphatic carbocycles. The summed E-state index contributed by atoms with van der Waals surface area (Å²) in [6.45, 7) is 0.285. The number of ether oxygens (including phenoxy) is 1. The van der Waals surface area contributed by atoms with Gasteiger partial charge >= 0.3 is 6.09 Å². The van der Waals surface area contributed by atoms with Gasteiger partial charge in [-0.1, -0.05) is 0 Å². The van der Waals surface area contributed by atoms with Crippen LogP contribution in [-0.2, 0) is 14.6 Å². The predicted molar refractivity (Wildman–Crippen MR) is 106 cm³/mol. The number of nitrogens with zero attached hydrogens (tertiary/aromatic N) is 4. The van der Waals surface area contributed by atoms with Crippen molar-refractivity contribution in [2.24, 2.45) is 10.7 Å². The summed E-state index contributed by atoms with van der Waals surface area (Å²) in [7, 11) is -3.45. The third kappa shape index (κ3) is 4.64. The Labute approximate surface area is 171 Å². The van der Waals surface area contributed by atoms with E-state index >= 15 is 0 Å². The number of hydrogen-bond donors (Lipinski definition) is 2. The SMILES string of the molecule is CS(=O)(=O)c1ccc(-c2ccc(N3C[C@H](CN/C(N)=N/C#N)OC3=O)cc2F)cn1. The van der Waals surface area contributed by atoms with Crippen LogP contribution in [-0.4, -0.2) is 50.9 Å². The van der Waals surface area contributed by atoms with Gasteiger partial charge in [-0.3, -0.25) is 4.90 Å². The highest BCUT2D eigenvalue weighted by molar-refractivity contribution is 7.90. The Morgan fingerprint density at radius 1 is 1.47 bits per heavy atom. The minimum absolute atomic E-state index is 0.0992. The van der Waals surface area contributed by atoms with Gasteiger partial charge in [0.15, 0.2) is 14.9 Å². The monoisotopic (exact) mass is 432 g/mol. The van der Waals surface area contributed by atoms with Crippen LogP contribution in [0.15, 0.2) is 46.5 Å². The molecule has 0 spiro atoms. The molecule has 1 aliphatic rings. The van der Waals surface area contributed by atoms with Crippen LogP contribution in [0, 0.1) is 17.3 Å². The van der Waals surface area contributed by atoms with E-state index in [1.807, 2.05) is 0 Å². The first-order valence-corrected chi connectivity index (χ1v) is 10.5. The fourth-order valence-corrected chi connectivity index (χ4v) is 3.37. The summed E-state index contributed by atoms with van der Waals surface area (Å²) in [5.41, 5.74) is 6.34. The molecular weight excluding hydrogens is 415 g/mol. The lowest BCUT2D eigenvalue weighted by Crippen LogP contribution is -2.38. The summed E-state index contributed by atoms with van der Waals surface area (Å²) in [5, 5.41) is 11.0. The molecule has 30 heavy (non-hydrogen) atoms. The third-order valence-corrected chi connectivity index (χ3v) is 5.25. The van der Waals surface area contributed by atoms with E-state index in [1.54, 1.807) is 6.07 Å². The van der Waals surface area contributed by atoms with Crippen molar-refractivity contribution < 1.29 is 22.3 Å².